The molecule has 2 rings (SSSR count). The molecule has 0 bridgehead atoms. The highest BCUT2D eigenvalue weighted by atomic mass is 19.2. The molecule has 2 N–H and O–H groups in total. The molecule has 0 radical (unpaired) electrons. The molecule has 1 aromatic carbocycles. The van der Waals surface area contributed by atoms with E-state index in [0.29, 0.717) is 16.8 Å². The van der Waals surface area contributed by atoms with Gasteiger partial charge in [0.15, 0.2) is 11.6 Å². The predicted octanol–water partition coefficient (Wildman–Crippen LogP) is 2.71. The number of aryl methyl sites for hydroxylation is 2. The highest BCUT2D eigenvalue weighted by Crippen LogP contribution is 2.26. The molecule has 0 amide bonds. The maximum absolute atomic E-state index is 13.4. The first-order valence-corrected chi connectivity index (χ1v) is 4.52. The van der Waals surface area contributed by atoms with Gasteiger partial charge in [-0.15, -0.1) is 0 Å². The predicted molar refractivity (Wildman–Crippen MR) is 55.5 cm³/mol. The molecular formula is C11H10F2N2. The zero-order valence-corrected chi connectivity index (χ0v) is 8.44. The molecule has 0 saturated carbocycles. The van der Waals surface area contributed by atoms with Crippen molar-refractivity contribution in [2.75, 3.05) is 5.73 Å². The van der Waals surface area contributed by atoms with Gasteiger partial charge in [-0.2, -0.15) is 0 Å². The number of rotatable bonds is 0. The lowest BCUT2D eigenvalue weighted by molar-refractivity contribution is 0.515. The van der Waals surface area contributed by atoms with Crippen molar-refractivity contribution in [2.24, 2.45) is 0 Å². The molecule has 0 fully saturated rings. The Bertz CT molecular complexity index is 550. The van der Waals surface area contributed by atoms with Crippen molar-refractivity contribution in [2.45, 2.75) is 13.8 Å². The van der Waals surface area contributed by atoms with Gasteiger partial charge in [0.2, 0.25) is 0 Å². The van der Waals surface area contributed by atoms with Crippen molar-refractivity contribution in [3.63, 3.8) is 0 Å². The molecule has 0 atom stereocenters. The SMILES string of the molecule is Cc1nc2c(F)c(F)ccc2c(C)c1N. The van der Waals surface area contributed by atoms with E-state index in [1.165, 1.54) is 6.07 Å². The van der Waals surface area contributed by atoms with Crippen molar-refractivity contribution < 1.29 is 8.78 Å². The number of nitrogens with two attached hydrogens (primary N) is 1. The smallest absolute Gasteiger partial charge is 0.185 e. The summed E-state index contributed by atoms with van der Waals surface area (Å²) in [5, 5.41) is 0.553. The third-order valence-electron chi connectivity index (χ3n) is 2.55. The summed E-state index contributed by atoms with van der Waals surface area (Å²) in [4.78, 5) is 3.96. The Morgan fingerprint density at radius 2 is 1.87 bits per heavy atom. The van der Waals surface area contributed by atoms with Gasteiger partial charge in [0.1, 0.15) is 5.52 Å². The van der Waals surface area contributed by atoms with Crippen molar-refractivity contribution in [1.29, 1.82) is 0 Å². The topological polar surface area (TPSA) is 38.9 Å². The van der Waals surface area contributed by atoms with Crippen molar-refractivity contribution >= 4 is 16.6 Å². The van der Waals surface area contributed by atoms with Crippen LogP contribution >= 0.6 is 0 Å². The fourth-order valence-electron chi connectivity index (χ4n) is 1.60. The normalized spacial score (nSPS) is 10.9. The molecule has 78 valence electrons. The van der Waals surface area contributed by atoms with Crippen LogP contribution in [0.4, 0.5) is 14.5 Å². The van der Waals surface area contributed by atoms with Crippen molar-refractivity contribution in [3.8, 4) is 0 Å². The number of halogens is 2. The van der Waals surface area contributed by atoms with Crippen LogP contribution in [0.1, 0.15) is 11.3 Å². The minimum Gasteiger partial charge on any atom is -0.397 e. The van der Waals surface area contributed by atoms with Gasteiger partial charge in [-0.05, 0) is 31.5 Å². The third kappa shape index (κ3) is 1.33. The molecule has 4 heteroatoms. The van der Waals surface area contributed by atoms with Crippen LogP contribution in [0.15, 0.2) is 12.1 Å². The second-order valence-electron chi connectivity index (χ2n) is 3.49. The highest BCUT2D eigenvalue weighted by Gasteiger charge is 2.12. The number of nitrogen functional groups attached to an aromatic ring is 1. The number of hydrogen-bond acceptors (Lipinski definition) is 2. The summed E-state index contributed by atoms with van der Waals surface area (Å²) in [5.74, 6) is -1.81. The summed E-state index contributed by atoms with van der Waals surface area (Å²) in [7, 11) is 0. The van der Waals surface area contributed by atoms with E-state index < -0.39 is 11.6 Å². The lowest BCUT2D eigenvalue weighted by Crippen LogP contribution is -2.00. The fraction of sp³-hybridized carbons (Fsp3) is 0.182. The number of fused-ring (bicyclic) bond motifs is 1. The summed E-state index contributed by atoms with van der Waals surface area (Å²) in [6.45, 7) is 3.44. The fourth-order valence-corrected chi connectivity index (χ4v) is 1.60. The number of pyridine rings is 1. The molecule has 0 aliphatic carbocycles. The zero-order chi connectivity index (χ0) is 11.2. The minimum absolute atomic E-state index is 0.0409. The molecule has 0 aliphatic rings. The number of aromatic nitrogens is 1. The minimum atomic E-state index is -0.918. The van der Waals surface area contributed by atoms with Crippen LogP contribution in [-0.4, -0.2) is 4.98 Å². The number of anilines is 1. The van der Waals surface area contributed by atoms with Crippen LogP contribution in [0.25, 0.3) is 10.9 Å². The summed E-state index contributed by atoms with van der Waals surface area (Å²) in [6, 6.07) is 2.58. The van der Waals surface area contributed by atoms with E-state index in [9.17, 15) is 8.78 Å². The first-order chi connectivity index (χ1) is 7.02. The van der Waals surface area contributed by atoms with Gasteiger partial charge in [0.05, 0.1) is 11.4 Å². The summed E-state index contributed by atoms with van der Waals surface area (Å²) in [5.41, 5.74) is 7.57. The second-order valence-corrected chi connectivity index (χ2v) is 3.49. The van der Waals surface area contributed by atoms with Gasteiger partial charge in [-0.25, -0.2) is 13.8 Å². The van der Waals surface area contributed by atoms with E-state index in [4.69, 9.17) is 5.73 Å². The van der Waals surface area contributed by atoms with Gasteiger partial charge >= 0.3 is 0 Å². The van der Waals surface area contributed by atoms with Crippen LogP contribution in [0, 0.1) is 25.5 Å². The van der Waals surface area contributed by atoms with Gasteiger partial charge in [0.25, 0.3) is 0 Å². The van der Waals surface area contributed by atoms with E-state index in [-0.39, 0.29) is 5.52 Å². The third-order valence-corrected chi connectivity index (χ3v) is 2.55. The molecule has 0 saturated heterocycles. The Morgan fingerprint density at radius 1 is 1.20 bits per heavy atom. The molecule has 15 heavy (non-hydrogen) atoms. The van der Waals surface area contributed by atoms with Crippen molar-refractivity contribution in [1.82, 2.24) is 4.98 Å². The Morgan fingerprint density at radius 3 is 2.53 bits per heavy atom. The Kier molecular flexibility index (Phi) is 2.07. The molecule has 1 aromatic heterocycles. The van der Waals surface area contributed by atoms with Gasteiger partial charge in [-0.3, -0.25) is 0 Å². The molecule has 2 aromatic rings. The Hall–Kier alpha value is -1.71. The van der Waals surface area contributed by atoms with Crippen LogP contribution in [0.2, 0.25) is 0 Å². The Labute approximate surface area is 85.7 Å². The molecule has 0 unspecified atom stereocenters. The number of nitrogens with zero attached hydrogens (tertiary/aromatic N) is 1. The van der Waals surface area contributed by atoms with E-state index in [1.807, 2.05) is 0 Å². The average molecular weight is 208 g/mol. The van der Waals surface area contributed by atoms with Gasteiger partial charge in [0, 0.05) is 5.39 Å². The standard InChI is InChI=1S/C11H10F2N2/c1-5-7-3-4-8(12)9(13)11(7)15-6(2)10(5)14/h3-4H,14H2,1-2H3. The average Bonchev–Trinajstić information content (AvgIpc) is 2.21. The van der Waals surface area contributed by atoms with Crippen LogP contribution in [0.3, 0.4) is 0 Å². The van der Waals surface area contributed by atoms with E-state index in [1.54, 1.807) is 13.8 Å². The number of benzene rings is 1. The molecular weight excluding hydrogens is 198 g/mol. The highest BCUT2D eigenvalue weighted by molar-refractivity contribution is 5.87. The first kappa shape index (κ1) is 9.83. The maximum Gasteiger partial charge on any atom is 0.185 e. The number of hydrogen-bond donors (Lipinski definition) is 1. The molecule has 2 nitrogen and oxygen atoms in total. The Balaban J connectivity index is 2.98. The quantitative estimate of drug-likeness (QED) is 0.722. The first-order valence-electron chi connectivity index (χ1n) is 4.52. The van der Waals surface area contributed by atoms with Crippen LogP contribution in [0.5, 0.6) is 0 Å². The van der Waals surface area contributed by atoms with Gasteiger partial charge in [-0.1, -0.05) is 0 Å². The summed E-state index contributed by atoms with van der Waals surface area (Å²) >= 11 is 0. The molecule has 0 aliphatic heterocycles. The zero-order valence-electron chi connectivity index (χ0n) is 8.44. The summed E-state index contributed by atoms with van der Waals surface area (Å²) in [6.07, 6.45) is 0. The largest absolute Gasteiger partial charge is 0.397 e. The lowest BCUT2D eigenvalue weighted by Gasteiger charge is -2.08. The van der Waals surface area contributed by atoms with Crippen LogP contribution < -0.4 is 5.73 Å². The second kappa shape index (κ2) is 3.15. The van der Waals surface area contributed by atoms with E-state index >= 15 is 0 Å². The van der Waals surface area contributed by atoms with E-state index in [2.05, 4.69) is 4.98 Å². The lowest BCUT2D eigenvalue weighted by atomic mass is 10.1. The summed E-state index contributed by atoms with van der Waals surface area (Å²) < 4.78 is 26.4. The van der Waals surface area contributed by atoms with Crippen molar-refractivity contribution in [3.05, 3.63) is 35.0 Å². The van der Waals surface area contributed by atoms with Crippen LogP contribution in [-0.2, 0) is 0 Å². The van der Waals surface area contributed by atoms with E-state index in [0.717, 1.165) is 11.6 Å². The molecule has 0 spiro atoms. The maximum atomic E-state index is 13.4. The monoisotopic (exact) mass is 208 g/mol. The van der Waals surface area contributed by atoms with Gasteiger partial charge < -0.3 is 5.73 Å². The molecule has 1 heterocycles.